The van der Waals surface area contributed by atoms with E-state index in [2.05, 4.69) is 10.3 Å². The zero-order valence-electron chi connectivity index (χ0n) is 19.2. The Balaban J connectivity index is 1.63. The van der Waals surface area contributed by atoms with Gasteiger partial charge in [-0.1, -0.05) is 48.5 Å². The van der Waals surface area contributed by atoms with Crippen LogP contribution in [-0.2, 0) is 7.05 Å². The van der Waals surface area contributed by atoms with E-state index in [1.165, 1.54) is 12.1 Å². The first kappa shape index (κ1) is 22.3. The molecule has 6 nitrogen and oxygen atoms in total. The van der Waals surface area contributed by atoms with Crippen molar-refractivity contribution in [1.82, 2.24) is 14.9 Å². The van der Waals surface area contributed by atoms with Crippen molar-refractivity contribution in [2.45, 2.75) is 13.0 Å². The first-order valence-electron chi connectivity index (χ1n) is 11.1. The second-order valence-corrected chi connectivity index (χ2v) is 8.29. The first-order chi connectivity index (χ1) is 16.9. The molecule has 0 aliphatic rings. The Morgan fingerprint density at radius 3 is 2.54 bits per heavy atom. The molecule has 174 valence electrons. The van der Waals surface area contributed by atoms with Crippen molar-refractivity contribution >= 4 is 16.9 Å². The van der Waals surface area contributed by atoms with Crippen LogP contribution < -0.4 is 10.7 Å². The highest BCUT2D eigenvalue weighted by Crippen LogP contribution is 2.28. The normalized spacial score (nSPS) is 12.0. The van der Waals surface area contributed by atoms with E-state index in [4.69, 9.17) is 4.42 Å². The molecule has 1 N–H and O–H groups in total. The lowest BCUT2D eigenvalue weighted by Crippen LogP contribution is -2.31. The Morgan fingerprint density at radius 2 is 1.83 bits per heavy atom. The number of hydrogen-bond acceptors (Lipinski definition) is 4. The summed E-state index contributed by atoms with van der Waals surface area (Å²) in [7, 11) is 1.80. The number of carbonyl (C=O) groups is 1. The molecule has 0 aliphatic heterocycles. The average molecular weight is 468 g/mol. The topological polar surface area (TPSA) is 77.1 Å². The minimum absolute atomic E-state index is 0.192. The molecule has 35 heavy (non-hydrogen) atoms. The van der Waals surface area contributed by atoms with E-state index in [0.29, 0.717) is 28.1 Å². The second-order valence-electron chi connectivity index (χ2n) is 8.29. The molecule has 5 rings (SSSR count). The van der Waals surface area contributed by atoms with E-state index in [9.17, 15) is 14.0 Å². The number of aromatic nitrogens is 2. The van der Waals surface area contributed by atoms with Crippen molar-refractivity contribution in [3.05, 3.63) is 124 Å². The van der Waals surface area contributed by atoms with Crippen molar-refractivity contribution in [3.8, 4) is 11.3 Å². The summed E-state index contributed by atoms with van der Waals surface area (Å²) in [5.41, 5.74) is 1.93. The Labute approximate surface area is 200 Å². The van der Waals surface area contributed by atoms with Gasteiger partial charge < -0.3 is 14.3 Å². The summed E-state index contributed by atoms with van der Waals surface area (Å²) >= 11 is 0. The molecule has 7 heteroatoms. The predicted molar refractivity (Wildman–Crippen MR) is 132 cm³/mol. The minimum Gasteiger partial charge on any atom is -0.455 e. The molecule has 0 fully saturated rings. The summed E-state index contributed by atoms with van der Waals surface area (Å²) in [6.45, 7) is 1.71. The lowest BCUT2D eigenvalue weighted by Gasteiger charge is -2.20. The van der Waals surface area contributed by atoms with Crippen LogP contribution in [0.15, 0.2) is 94.4 Å². The van der Waals surface area contributed by atoms with E-state index in [1.807, 2.05) is 30.3 Å². The molecule has 3 aromatic carbocycles. The number of hydrogen-bond donors (Lipinski definition) is 1. The summed E-state index contributed by atoms with van der Waals surface area (Å²) in [5.74, 6) is 0.0505. The fraction of sp³-hybridized carbons (Fsp3) is 0.107. The maximum Gasteiger partial charge on any atom is 0.255 e. The minimum atomic E-state index is -0.723. The summed E-state index contributed by atoms with van der Waals surface area (Å²) < 4.78 is 22.0. The molecule has 2 heterocycles. The molecular weight excluding hydrogens is 445 g/mol. The standard InChI is InChI=1S/C28H22FN3O3/c1-17-24(33)21-12-7-13-22(26(21)35-25(17)18-8-4-3-5-9-18)28(34)31-23(27-30-14-15-32(27)2)19-10-6-11-20(29)16-19/h3-16,23H,1-2H3,(H,31,34)/t23-/m0/s1. The summed E-state index contributed by atoms with van der Waals surface area (Å²) in [5, 5.41) is 3.27. The second kappa shape index (κ2) is 9.02. The molecule has 0 unspecified atom stereocenters. The highest BCUT2D eigenvalue weighted by atomic mass is 19.1. The molecule has 0 bridgehead atoms. The Hall–Kier alpha value is -4.52. The number of imidazole rings is 1. The number of benzene rings is 3. The quantitative estimate of drug-likeness (QED) is 0.387. The molecule has 0 saturated carbocycles. The van der Waals surface area contributed by atoms with Gasteiger partial charge in [0, 0.05) is 30.6 Å². The van der Waals surface area contributed by atoms with E-state index in [-0.39, 0.29) is 16.6 Å². The van der Waals surface area contributed by atoms with Crippen molar-refractivity contribution in [2.24, 2.45) is 7.05 Å². The Bertz CT molecular complexity index is 1610. The van der Waals surface area contributed by atoms with Gasteiger partial charge in [0.25, 0.3) is 5.91 Å². The van der Waals surface area contributed by atoms with Gasteiger partial charge in [0.2, 0.25) is 0 Å². The number of carbonyl (C=O) groups excluding carboxylic acids is 1. The van der Waals surface area contributed by atoms with Crippen molar-refractivity contribution in [3.63, 3.8) is 0 Å². The van der Waals surface area contributed by atoms with Crippen LogP contribution in [0.3, 0.4) is 0 Å². The van der Waals surface area contributed by atoms with E-state index in [1.54, 1.807) is 61.3 Å². The van der Waals surface area contributed by atoms with Crippen molar-refractivity contribution < 1.29 is 13.6 Å². The molecule has 0 aliphatic carbocycles. The number of para-hydroxylation sites is 1. The largest absolute Gasteiger partial charge is 0.455 e. The number of rotatable bonds is 5. The fourth-order valence-electron chi connectivity index (χ4n) is 4.20. The number of amides is 1. The molecule has 5 aromatic rings. The molecule has 1 atom stereocenters. The highest BCUT2D eigenvalue weighted by Gasteiger charge is 2.24. The SMILES string of the molecule is Cc1c(-c2ccccc2)oc2c(C(=O)N[C@@H](c3cccc(F)c3)c3nccn3C)cccc2c1=O. The van der Waals surface area contributed by atoms with Crippen LogP contribution in [0.25, 0.3) is 22.3 Å². The van der Waals surface area contributed by atoms with Gasteiger partial charge in [-0.3, -0.25) is 9.59 Å². The predicted octanol–water partition coefficient (Wildman–Crippen LogP) is 5.16. The number of fused-ring (bicyclic) bond motifs is 1. The third kappa shape index (κ3) is 4.12. The maximum atomic E-state index is 14.0. The van der Waals surface area contributed by atoms with Crippen LogP contribution >= 0.6 is 0 Å². The number of nitrogens with one attached hydrogen (secondary N) is 1. The lowest BCUT2D eigenvalue weighted by molar-refractivity contribution is 0.0941. The van der Waals surface area contributed by atoms with Gasteiger partial charge in [-0.05, 0) is 36.8 Å². The van der Waals surface area contributed by atoms with E-state index < -0.39 is 17.8 Å². The van der Waals surface area contributed by atoms with Gasteiger partial charge in [-0.25, -0.2) is 9.37 Å². The van der Waals surface area contributed by atoms with Gasteiger partial charge in [-0.2, -0.15) is 0 Å². The number of halogens is 1. The number of aryl methyl sites for hydroxylation is 1. The highest BCUT2D eigenvalue weighted by molar-refractivity contribution is 6.05. The van der Waals surface area contributed by atoms with Gasteiger partial charge >= 0.3 is 0 Å². The van der Waals surface area contributed by atoms with Crippen LogP contribution in [0.4, 0.5) is 4.39 Å². The van der Waals surface area contributed by atoms with Gasteiger partial charge in [0.1, 0.15) is 23.4 Å². The van der Waals surface area contributed by atoms with Crippen LogP contribution in [0.5, 0.6) is 0 Å². The van der Waals surface area contributed by atoms with E-state index in [0.717, 1.165) is 5.56 Å². The van der Waals surface area contributed by atoms with Crippen molar-refractivity contribution in [1.29, 1.82) is 0 Å². The summed E-state index contributed by atoms with van der Waals surface area (Å²) in [4.78, 5) is 31.1. The summed E-state index contributed by atoms with van der Waals surface area (Å²) in [6.07, 6.45) is 3.36. The van der Waals surface area contributed by atoms with Crippen LogP contribution in [0.1, 0.15) is 33.4 Å². The molecule has 1 amide bonds. The molecular formula is C28H22FN3O3. The Kier molecular flexibility index (Phi) is 5.74. The third-order valence-corrected chi connectivity index (χ3v) is 6.00. The maximum absolute atomic E-state index is 14.0. The summed E-state index contributed by atoms with van der Waals surface area (Å²) in [6, 6.07) is 19.5. The monoisotopic (exact) mass is 467 g/mol. The Morgan fingerprint density at radius 1 is 1.06 bits per heavy atom. The zero-order chi connectivity index (χ0) is 24.5. The van der Waals surface area contributed by atoms with E-state index >= 15 is 0 Å². The number of nitrogens with zero attached hydrogens (tertiary/aromatic N) is 2. The molecule has 0 radical (unpaired) electrons. The van der Waals surface area contributed by atoms with Gasteiger partial charge in [-0.15, -0.1) is 0 Å². The van der Waals surface area contributed by atoms with Crippen LogP contribution in [0, 0.1) is 12.7 Å². The van der Waals surface area contributed by atoms with Crippen molar-refractivity contribution in [2.75, 3.05) is 0 Å². The molecule has 0 saturated heterocycles. The van der Waals surface area contributed by atoms with Gasteiger partial charge in [0.05, 0.1) is 10.9 Å². The fourth-order valence-corrected chi connectivity index (χ4v) is 4.20. The average Bonchev–Trinajstić information content (AvgIpc) is 3.30. The smallest absolute Gasteiger partial charge is 0.255 e. The van der Waals surface area contributed by atoms with Crippen LogP contribution in [0.2, 0.25) is 0 Å². The third-order valence-electron chi connectivity index (χ3n) is 6.00. The van der Waals surface area contributed by atoms with Crippen LogP contribution in [-0.4, -0.2) is 15.5 Å². The lowest BCUT2D eigenvalue weighted by atomic mass is 10.0. The molecule has 2 aromatic heterocycles. The van der Waals surface area contributed by atoms with Gasteiger partial charge in [0.15, 0.2) is 11.0 Å². The zero-order valence-corrected chi connectivity index (χ0v) is 19.2. The first-order valence-corrected chi connectivity index (χ1v) is 11.1. The molecule has 0 spiro atoms.